The lowest BCUT2D eigenvalue weighted by molar-refractivity contribution is 0.580. The summed E-state index contributed by atoms with van der Waals surface area (Å²) in [6.45, 7) is 0.276. The second-order valence-electron chi connectivity index (χ2n) is 3.04. The first-order chi connectivity index (χ1) is 7.14. The molecule has 0 saturated heterocycles. The predicted octanol–water partition coefficient (Wildman–Crippen LogP) is 1.13. The van der Waals surface area contributed by atoms with Gasteiger partial charge in [-0.2, -0.15) is 0 Å². The van der Waals surface area contributed by atoms with Gasteiger partial charge in [0.1, 0.15) is 0 Å². The lowest BCUT2D eigenvalue weighted by Gasteiger charge is -2.05. The molecule has 0 fully saturated rings. The molecule has 0 amide bonds. The second kappa shape index (κ2) is 6.05. The Morgan fingerprint density at radius 3 is 2.87 bits per heavy atom. The monoisotopic (exact) mass is 248 g/mol. The number of nitrogens with one attached hydrogen (secondary N) is 1. The number of halogens is 1. The highest BCUT2D eigenvalue weighted by atomic mass is 35.5. The minimum atomic E-state index is -3.20. The Morgan fingerprint density at radius 1 is 1.47 bits per heavy atom. The van der Waals surface area contributed by atoms with E-state index in [-0.39, 0.29) is 12.3 Å². The smallest absolute Gasteiger partial charge is 0.211 e. The van der Waals surface area contributed by atoms with Gasteiger partial charge in [-0.3, -0.25) is 4.98 Å². The van der Waals surface area contributed by atoms with E-state index >= 15 is 0 Å². The van der Waals surface area contributed by atoms with Crippen LogP contribution in [0.2, 0.25) is 0 Å². The fraction of sp³-hybridized carbons (Fsp3) is 0.444. The fourth-order valence-corrected chi connectivity index (χ4v) is 2.36. The largest absolute Gasteiger partial charge is 0.264 e. The molecule has 0 aromatic carbocycles. The van der Waals surface area contributed by atoms with Gasteiger partial charge in [-0.05, 0) is 18.1 Å². The minimum Gasteiger partial charge on any atom is -0.264 e. The Labute approximate surface area is 94.7 Å². The number of sulfonamides is 1. The topological polar surface area (TPSA) is 59.1 Å². The molecule has 0 aliphatic rings. The van der Waals surface area contributed by atoms with Gasteiger partial charge in [0.25, 0.3) is 0 Å². The SMILES string of the molecule is O=S(=O)(CCCCl)NCc1cccnc1. The van der Waals surface area contributed by atoms with Gasteiger partial charge in [0.2, 0.25) is 10.0 Å². The van der Waals surface area contributed by atoms with Crippen LogP contribution in [-0.2, 0) is 16.6 Å². The predicted molar refractivity (Wildman–Crippen MR) is 60.2 cm³/mol. The zero-order chi connectivity index (χ0) is 11.1. The summed E-state index contributed by atoms with van der Waals surface area (Å²) >= 11 is 5.42. The van der Waals surface area contributed by atoms with Crippen LogP contribution in [-0.4, -0.2) is 25.0 Å². The van der Waals surface area contributed by atoms with Gasteiger partial charge in [-0.1, -0.05) is 6.07 Å². The van der Waals surface area contributed by atoms with Gasteiger partial charge in [0, 0.05) is 24.8 Å². The van der Waals surface area contributed by atoms with Crippen molar-refractivity contribution in [2.24, 2.45) is 0 Å². The number of alkyl halides is 1. The van der Waals surface area contributed by atoms with Crippen LogP contribution in [0, 0.1) is 0 Å². The van der Waals surface area contributed by atoms with Crippen LogP contribution < -0.4 is 4.72 Å². The van der Waals surface area contributed by atoms with Crippen molar-refractivity contribution in [3.8, 4) is 0 Å². The van der Waals surface area contributed by atoms with E-state index < -0.39 is 10.0 Å². The van der Waals surface area contributed by atoms with Crippen molar-refractivity contribution >= 4 is 21.6 Å². The third kappa shape index (κ3) is 5.11. The molecule has 0 spiro atoms. The molecule has 1 rings (SSSR count). The molecular weight excluding hydrogens is 236 g/mol. The molecule has 1 N–H and O–H groups in total. The number of aromatic nitrogens is 1. The number of hydrogen-bond acceptors (Lipinski definition) is 3. The summed E-state index contributed by atoms with van der Waals surface area (Å²) in [5, 5.41) is 0. The van der Waals surface area contributed by atoms with E-state index in [1.165, 1.54) is 0 Å². The first-order valence-electron chi connectivity index (χ1n) is 4.56. The van der Waals surface area contributed by atoms with E-state index in [1.807, 2.05) is 6.07 Å². The highest BCUT2D eigenvalue weighted by Gasteiger charge is 2.08. The normalized spacial score (nSPS) is 11.5. The van der Waals surface area contributed by atoms with E-state index in [0.29, 0.717) is 12.3 Å². The maximum atomic E-state index is 11.4. The molecular formula is C9H13ClN2O2S. The van der Waals surface area contributed by atoms with E-state index in [9.17, 15) is 8.42 Å². The molecule has 15 heavy (non-hydrogen) atoms. The molecule has 0 saturated carbocycles. The number of hydrogen-bond donors (Lipinski definition) is 1. The van der Waals surface area contributed by atoms with Crippen molar-refractivity contribution in [3.63, 3.8) is 0 Å². The zero-order valence-electron chi connectivity index (χ0n) is 8.19. The quantitative estimate of drug-likeness (QED) is 0.768. The first-order valence-corrected chi connectivity index (χ1v) is 6.75. The molecule has 1 aromatic rings. The van der Waals surface area contributed by atoms with Crippen molar-refractivity contribution in [3.05, 3.63) is 30.1 Å². The molecule has 0 unspecified atom stereocenters. The summed E-state index contributed by atoms with van der Waals surface area (Å²) in [5.74, 6) is 0.421. The van der Waals surface area contributed by atoms with Gasteiger partial charge < -0.3 is 0 Å². The Bertz CT molecular complexity index is 380. The summed E-state index contributed by atoms with van der Waals surface area (Å²) in [6.07, 6.45) is 3.74. The Balaban J connectivity index is 2.43. The van der Waals surface area contributed by atoms with E-state index in [0.717, 1.165) is 5.56 Å². The number of rotatable bonds is 6. The maximum Gasteiger partial charge on any atom is 0.211 e. The third-order valence-electron chi connectivity index (χ3n) is 1.77. The summed E-state index contributed by atoms with van der Waals surface area (Å²) in [5.41, 5.74) is 0.840. The highest BCUT2D eigenvalue weighted by Crippen LogP contribution is 1.98. The molecule has 0 radical (unpaired) electrons. The van der Waals surface area contributed by atoms with Crippen LogP contribution >= 0.6 is 11.6 Å². The van der Waals surface area contributed by atoms with Crippen molar-refractivity contribution in [2.45, 2.75) is 13.0 Å². The highest BCUT2D eigenvalue weighted by molar-refractivity contribution is 7.89. The number of nitrogens with zero attached hydrogens (tertiary/aromatic N) is 1. The van der Waals surface area contributed by atoms with Crippen LogP contribution in [0.4, 0.5) is 0 Å². The van der Waals surface area contributed by atoms with Crippen molar-refractivity contribution in [1.29, 1.82) is 0 Å². The van der Waals surface area contributed by atoms with E-state index in [1.54, 1.807) is 18.5 Å². The van der Waals surface area contributed by atoms with Gasteiger partial charge in [0.05, 0.1) is 5.75 Å². The molecule has 0 atom stereocenters. The molecule has 4 nitrogen and oxygen atoms in total. The van der Waals surface area contributed by atoms with Crippen LogP contribution in [0.25, 0.3) is 0 Å². The Kier molecular flexibility index (Phi) is 5.01. The molecule has 0 bridgehead atoms. The maximum absolute atomic E-state index is 11.4. The summed E-state index contributed by atoms with van der Waals surface area (Å²) in [7, 11) is -3.20. The molecule has 6 heteroatoms. The van der Waals surface area contributed by atoms with Crippen molar-refractivity contribution in [1.82, 2.24) is 9.71 Å². The van der Waals surface area contributed by atoms with Crippen LogP contribution in [0.15, 0.2) is 24.5 Å². The summed E-state index contributed by atoms with van der Waals surface area (Å²) < 4.78 is 25.2. The van der Waals surface area contributed by atoms with Gasteiger partial charge in [-0.15, -0.1) is 11.6 Å². The molecule has 0 aliphatic heterocycles. The standard InChI is InChI=1S/C9H13ClN2O2S/c10-4-2-6-15(13,14)12-8-9-3-1-5-11-7-9/h1,3,5,7,12H,2,4,6,8H2. The average Bonchev–Trinajstić information content (AvgIpc) is 2.25. The summed E-state index contributed by atoms with van der Waals surface area (Å²) in [4.78, 5) is 3.89. The fourth-order valence-electron chi connectivity index (χ4n) is 1.01. The zero-order valence-corrected chi connectivity index (χ0v) is 9.76. The van der Waals surface area contributed by atoms with Crippen LogP contribution in [0.5, 0.6) is 0 Å². The van der Waals surface area contributed by atoms with Gasteiger partial charge in [-0.25, -0.2) is 13.1 Å². The Hall–Kier alpha value is -0.650. The average molecular weight is 249 g/mol. The second-order valence-corrected chi connectivity index (χ2v) is 5.35. The molecule has 1 heterocycles. The van der Waals surface area contributed by atoms with Crippen LogP contribution in [0.1, 0.15) is 12.0 Å². The third-order valence-corrected chi connectivity index (χ3v) is 3.44. The lowest BCUT2D eigenvalue weighted by Crippen LogP contribution is -2.26. The van der Waals surface area contributed by atoms with E-state index in [2.05, 4.69) is 9.71 Å². The lowest BCUT2D eigenvalue weighted by atomic mass is 10.3. The molecule has 84 valence electrons. The van der Waals surface area contributed by atoms with Crippen molar-refractivity contribution < 1.29 is 8.42 Å². The van der Waals surface area contributed by atoms with Crippen LogP contribution in [0.3, 0.4) is 0 Å². The van der Waals surface area contributed by atoms with E-state index in [4.69, 9.17) is 11.6 Å². The van der Waals surface area contributed by atoms with Crippen molar-refractivity contribution in [2.75, 3.05) is 11.6 Å². The number of pyridine rings is 1. The molecule has 0 aliphatic carbocycles. The molecule has 1 aromatic heterocycles. The van der Waals surface area contributed by atoms with Gasteiger partial charge >= 0.3 is 0 Å². The van der Waals surface area contributed by atoms with Gasteiger partial charge in [0.15, 0.2) is 0 Å². The summed E-state index contributed by atoms with van der Waals surface area (Å²) in [6, 6.07) is 3.58. The Morgan fingerprint density at radius 2 is 2.27 bits per heavy atom. The first kappa shape index (κ1) is 12.4. The minimum absolute atomic E-state index is 0.0662.